The van der Waals surface area contributed by atoms with E-state index in [1.807, 2.05) is 12.1 Å². The number of hydrogen-bond acceptors (Lipinski definition) is 6. The van der Waals surface area contributed by atoms with E-state index >= 15 is 0 Å². The number of nitro groups is 1. The molecule has 3 N–H and O–H groups in total. The maximum atomic E-state index is 11.4. The van der Waals surface area contributed by atoms with Gasteiger partial charge < -0.3 is 15.7 Å². The minimum atomic E-state index is -0.638. The second kappa shape index (κ2) is 10.7. The number of carbonyl (C=O) groups excluding carboxylic acids is 1. The van der Waals surface area contributed by atoms with E-state index in [9.17, 15) is 20.0 Å². The van der Waals surface area contributed by atoms with Gasteiger partial charge in [0.05, 0.1) is 10.6 Å². The average Bonchev–Trinajstić information content (AvgIpc) is 2.75. The Labute approximate surface area is 200 Å². The van der Waals surface area contributed by atoms with Crippen LogP contribution in [-0.4, -0.2) is 27.3 Å². The van der Waals surface area contributed by atoms with Crippen molar-refractivity contribution in [3.63, 3.8) is 0 Å². The molecule has 0 fully saturated rings. The fraction of sp³-hybridized carbons (Fsp3) is 0.0870. The summed E-state index contributed by atoms with van der Waals surface area (Å²) < 4.78 is 0. The van der Waals surface area contributed by atoms with Crippen molar-refractivity contribution in [1.29, 1.82) is 0 Å². The summed E-state index contributed by atoms with van der Waals surface area (Å²) in [6.07, 6.45) is 1.72. The number of nitrogens with one attached hydrogen (secondary N) is 2. The molecular weight excluding hydrogens is 464 g/mol. The second-order valence-corrected chi connectivity index (χ2v) is 7.83. The molecule has 0 aromatic heterocycles. The SMILES string of the molecule is CC(=O)NC(=S)Nc1ccc(N=Cc2cc(Cc3ccccc3Cl)cc([N+](=O)[O-])c2O)cc1. The smallest absolute Gasteiger partial charge is 0.311 e. The molecule has 0 aliphatic rings. The van der Waals surface area contributed by atoms with Crippen LogP contribution >= 0.6 is 23.8 Å². The van der Waals surface area contributed by atoms with E-state index in [0.29, 0.717) is 28.4 Å². The molecule has 3 aromatic rings. The maximum Gasteiger partial charge on any atom is 0.311 e. The van der Waals surface area contributed by atoms with E-state index in [2.05, 4.69) is 15.6 Å². The van der Waals surface area contributed by atoms with Crippen molar-refractivity contribution in [2.45, 2.75) is 13.3 Å². The van der Waals surface area contributed by atoms with Crippen LogP contribution in [0.15, 0.2) is 65.7 Å². The van der Waals surface area contributed by atoms with Gasteiger partial charge in [-0.3, -0.25) is 19.9 Å². The molecule has 0 atom stereocenters. The first kappa shape index (κ1) is 23.8. The molecule has 0 aliphatic carbocycles. The summed E-state index contributed by atoms with van der Waals surface area (Å²) in [6, 6.07) is 17.0. The topological polar surface area (TPSA) is 117 Å². The maximum absolute atomic E-state index is 11.4. The van der Waals surface area contributed by atoms with Crippen LogP contribution in [0.1, 0.15) is 23.6 Å². The third-order valence-electron chi connectivity index (χ3n) is 4.50. The highest BCUT2D eigenvalue weighted by atomic mass is 35.5. The number of thiocarbonyl (C=S) groups is 1. The van der Waals surface area contributed by atoms with Gasteiger partial charge in [0.15, 0.2) is 5.11 Å². The largest absolute Gasteiger partial charge is 0.502 e. The molecule has 0 spiro atoms. The lowest BCUT2D eigenvalue weighted by molar-refractivity contribution is -0.385. The fourth-order valence-corrected chi connectivity index (χ4v) is 3.46. The lowest BCUT2D eigenvalue weighted by Crippen LogP contribution is -2.32. The highest BCUT2D eigenvalue weighted by Gasteiger charge is 2.19. The van der Waals surface area contributed by atoms with Crippen molar-refractivity contribution in [1.82, 2.24) is 5.32 Å². The van der Waals surface area contributed by atoms with Crippen LogP contribution in [0.5, 0.6) is 5.75 Å². The Bertz CT molecular complexity index is 1250. The standard InChI is InChI=1S/C23H19ClN4O4S/c1-14(29)26-23(33)27-19-8-6-18(7-9-19)25-13-17-11-15(12-21(22(17)30)28(31)32)10-16-4-2-3-5-20(16)24/h2-9,11-13,30H,10H2,1H3,(H2,26,27,29,33). The van der Waals surface area contributed by atoms with E-state index in [1.54, 1.807) is 42.5 Å². The minimum absolute atomic E-state index is 0.173. The van der Waals surface area contributed by atoms with Gasteiger partial charge in [0.1, 0.15) is 0 Å². The predicted molar refractivity (Wildman–Crippen MR) is 133 cm³/mol. The number of phenols is 1. The average molecular weight is 483 g/mol. The summed E-state index contributed by atoms with van der Waals surface area (Å²) in [5.74, 6) is -0.745. The number of phenolic OH excluding ortho intramolecular Hbond substituents is 1. The van der Waals surface area contributed by atoms with Gasteiger partial charge in [-0.1, -0.05) is 29.8 Å². The molecule has 0 radical (unpaired) electrons. The highest BCUT2D eigenvalue weighted by Crippen LogP contribution is 2.32. The first-order valence-corrected chi connectivity index (χ1v) is 10.5. The Morgan fingerprint density at radius 1 is 1.21 bits per heavy atom. The van der Waals surface area contributed by atoms with Crippen LogP contribution in [0.4, 0.5) is 17.1 Å². The number of hydrogen-bond donors (Lipinski definition) is 3. The zero-order valence-corrected chi connectivity index (χ0v) is 19.0. The Hall–Kier alpha value is -3.82. The normalized spacial score (nSPS) is 10.7. The first-order valence-electron chi connectivity index (χ1n) is 9.69. The number of aliphatic imine (C=N–C) groups is 1. The van der Waals surface area contributed by atoms with E-state index in [-0.39, 0.29) is 16.6 Å². The number of anilines is 1. The second-order valence-electron chi connectivity index (χ2n) is 7.02. The summed E-state index contributed by atoms with van der Waals surface area (Å²) in [5, 5.41) is 27.9. The quantitative estimate of drug-likeness (QED) is 0.194. The van der Waals surface area contributed by atoms with Crippen molar-refractivity contribution in [2.24, 2.45) is 4.99 Å². The molecule has 0 bridgehead atoms. The molecule has 3 aromatic carbocycles. The van der Waals surface area contributed by atoms with Gasteiger partial charge >= 0.3 is 5.69 Å². The Morgan fingerprint density at radius 2 is 1.91 bits per heavy atom. The molecule has 3 rings (SSSR count). The summed E-state index contributed by atoms with van der Waals surface area (Å²) in [4.78, 5) is 26.1. The minimum Gasteiger partial charge on any atom is -0.502 e. The van der Waals surface area contributed by atoms with Crippen LogP contribution < -0.4 is 10.6 Å². The van der Waals surface area contributed by atoms with E-state index in [0.717, 1.165) is 5.56 Å². The number of carbonyl (C=O) groups is 1. The molecule has 0 heterocycles. The molecule has 0 saturated heterocycles. The van der Waals surface area contributed by atoms with E-state index in [4.69, 9.17) is 23.8 Å². The summed E-state index contributed by atoms with van der Waals surface area (Å²) in [7, 11) is 0. The fourth-order valence-electron chi connectivity index (χ4n) is 3.00. The number of benzene rings is 3. The number of halogens is 1. The van der Waals surface area contributed by atoms with Crippen LogP contribution in [0.25, 0.3) is 0 Å². The molecule has 0 unspecified atom stereocenters. The van der Waals surface area contributed by atoms with Crippen LogP contribution in [0.3, 0.4) is 0 Å². The zero-order chi connectivity index (χ0) is 24.0. The van der Waals surface area contributed by atoms with Gasteiger partial charge in [-0.2, -0.15) is 0 Å². The van der Waals surface area contributed by atoms with Gasteiger partial charge in [-0.25, -0.2) is 0 Å². The molecule has 33 heavy (non-hydrogen) atoms. The summed E-state index contributed by atoms with van der Waals surface area (Å²) in [5.41, 5.74) is 2.41. The number of amides is 1. The first-order chi connectivity index (χ1) is 15.7. The third kappa shape index (κ3) is 6.58. The highest BCUT2D eigenvalue weighted by molar-refractivity contribution is 7.80. The van der Waals surface area contributed by atoms with Crippen molar-refractivity contribution >= 4 is 58.1 Å². The Balaban J connectivity index is 1.84. The molecule has 168 valence electrons. The summed E-state index contributed by atoms with van der Waals surface area (Å²) in [6.45, 7) is 1.36. The number of aromatic hydroxyl groups is 1. The molecular formula is C23H19ClN4O4S. The van der Waals surface area contributed by atoms with Gasteiger partial charge in [-0.15, -0.1) is 0 Å². The van der Waals surface area contributed by atoms with Crippen LogP contribution in [0, 0.1) is 10.1 Å². The molecule has 8 nitrogen and oxygen atoms in total. The number of rotatable bonds is 6. The third-order valence-corrected chi connectivity index (χ3v) is 5.07. The van der Waals surface area contributed by atoms with E-state index in [1.165, 1.54) is 19.2 Å². The van der Waals surface area contributed by atoms with Crippen LogP contribution in [0.2, 0.25) is 5.02 Å². The lowest BCUT2D eigenvalue weighted by Gasteiger charge is -2.08. The van der Waals surface area contributed by atoms with Gasteiger partial charge in [0.2, 0.25) is 11.7 Å². The van der Waals surface area contributed by atoms with Crippen molar-refractivity contribution in [2.75, 3.05) is 5.32 Å². The number of nitrogens with zero attached hydrogens (tertiary/aromatic N) is 2. The predicted octanol–water partition coefficient (Wildman–Crippen LogP) is 5.13. The molecule has 0 saturated carbocycles. The molecule has 1 amide bonds. The van der Waals surface area contributed by atoms with E-state index < -0.39 is 16.4 Å². The van der Waals surface area contributed by atoms with Gasteiger partial charge in [-0.05, 0) is 66.2 Å². The lowest BCUT2D eigenvalue weighted by atomic mass is 10.0. The van der Waals surface area contributed by atoms with Crippen molar-refractivity contribution < 1.29 is 14.8 Å². The molecule has 10 heteroatoms. The van der Waals surface area contributed by atoms with Gasteiger partial charge in [0.25, 0.3) is 0 Å². The van der Waals surface area contributed by atoms with Crippen LogP contribution in [-0.2, 0) is 11.2 Å². The Morgan fingerprint density at radius 3 is 2.55 bits per heavy atom. The number of nitro benzene ring substituents is 1. The summed E-state index contributed by atoms with van der Waals surface area (Å²) >= 11 is 11.2. The monoisotopic (exact) mass is 482 g/mol. The zero-order valence-electron chi connectivity index (χ0n) is 17.4. The van der Waals surface area contributed by atoms with Gasteiger partial charge in [0, 0.05) is 35.5 Å². The van der Waals surface area contributed by atoms with Crippen molar-refractivity contribution in [3.8, 4) is 5.75 Å². The molecule has 0 aliphatic heterocycles. The van der Waals surface area contributed by atoms with Crippen molar-refractivity contribution in [3.05, 3.63) is 92.5 Å². The Kier molecular flexibility index (Phi) is 7.70.